The van der Waals surface area contributed by atoms with Crippen molar-refractivity contribution in [3.8, 4) is 5.75 Å². The third kappa shape index (κ3) is 7.30. The normalized spacial score (nSPS) is 17.8. The molecule has 0 aliphatic heterocycles. The highest BCUT2D eigenvalue weighted by Crippen LogP contribution is 2.48. The van der Waals surface area contributed by atoms with E-state index in [2.05, 4.69) is 9.44 Å². The van der Waals surface area contributed by atoms with Crippen molar-refractivity contribution < 1.29 is 26.4 Å². The Bertz CT molecular complexity index is 1900. The van der Waals surface area contributed by atoms with Gasteiger partial charge in [0.1, 0.15) is 11.5 Å². The number of hydrogen-bond donors (Lipinski definition) is 3. The molecule has 4 atom stereocenters. The monoisotopic (exact) mass is 651 g/mol. The van der Waals surface area contributed by atoms with E-state index in [0.717, 1.165) is 11.3 Å². The zero-order valence-electron chi connectivity index (χ0n) is 25.3. The fourth-order valence-corrected chi connectivity index (χ4v) is 7.94. The largest absolute Gasteiger partial charge is 0.507 e. The Morgan fingerprint density at radius 2 is 1.49 bits per heavy atom. The summed E-state index contributed by atoms with van der Waals surface area (Å²) in [6.45, 7) is 1.79. The Balaban J connectivity index is 1.39. The molecule has 238 valence electrons. The van der Waals surface area contributed by atoms with Gasteiger partial charge in [0.25, 0.3) is 0 Å². The first-order chi connectivity index (χ1) is 21.4. The van der Waals surface area contributed by atoms with Gasteiger partial charge in [-0.25, -0.2) is 31.1 Å². The van der Waals surface area contributed by atoms with Crippen LogP contribution in [0.5, 0.6) is 5.75 Å². The van der Waals surface area contributed by atoms with Gasteiger partial charge in [0, 0.05) is 50.3 Å². The maximum atomic E-state index is 13.5. The van der Waals surface area contributed by atoms with Gasteiger partial charge in [0.05, 0.1) is 15.4 Å². The second kappa shape index (κ2) is 13.2. The van der Waals surface area contributed by atoms with Crippen LogP contribution in [-0.4, -0.2) is 48.6 Å². The molecule has 0 amide bonds. The number of anilines is 1. The molecular formula is C33H37N3O7S2. The van der Waals surface area contributed by atoms with Crippen LogP contribution in [0, 0.1) is 5.92 Å². The Morgan fingerprint density at radius 1 is 0.889 bits per heavy atom. The Morgan fingerprint density at radius 3 is 2.07 bits per heavy atom. The molecule has 1 aliphatic carbocycles. The van der Waals surface area contributed by atoms with E-state index in [9.17, 15) is 26.7 Å². The van der Waals surface area contributed by atoms with E-state index >= 15 is 0 Å². The summed E-state index contributed by atoms with van der Waals surface area (Å²) in [6.07, 6.45) is 0.886. The van der Waals surface area contributed by atoms with Gasteiger partial charge in [-0.2, -0.15) is 0 Å². The number of aromatic hydroxyl groups is 1. The molecule has 1 aliphatic rings. The van der Waals surface area contributed by atoms with Crippen LogP contribution in [0.4, 0.5) is 5.69 Å². The molecule has 4 aromatic rings. The molecule has 45 heavy (non-hydrogen) atoms. The number of nitrogens with zero attached hydrogens (tertiary/aromatic N) is 1. The van der Waals surface area contributed by atoms with Gasteiger partial charge in [-0.1, -0.05) is 55.5 Å². The molecule has 1 heterocycles. The molecule has 1 saturated carbocycles. The second-order valence-electron chi connectivity index (χ2n) is 11.4. The zero-order valence-corrected chi connectivity index (χ0v) is 26.9. The molecule has 10 nitrogen and oxygen atoms in total. The molecular weight excluding hydrogens is 615 g/mol. The van der Waals surface area contributed by atoms with E-state index in [1.165, 1.54) is 18.2 Å². The van der Waals surface area contributed by atoms with Crippen molar-refractivity contribution in [2.75, 3.05) is 25.5 Å². The van der Waals surface area contributed by atoms with Crippen LogP contribution in [0.2, 0.25) is 0 Å². The van der Waals surface area contributed by atoms with Gasteiger partial charge >= 0.3 is 5.63 Å². The Hall–Kier alpha value is -3.97. The van der Waals surface area contributed by atoms with Crippen LogP contribution in [0.3, 0.4) is 0 Å². The fraction of sp³-hybridized carbons (Fsp3) is 0.303. The Labute approximate surface area is 263 Å². The van der Waals surface area contributed by atoms with Crippen molar-refractivity contribution in [1.82, 2.24) is 9.44 Å². The topological polar surface area (TPSA) is 146 Å². The summed E-state index contributed by atoms with van der Waals surface area (Å²) in [5, 5.41) is 11.3. The van der Waals surface area contributed by atoms with E-state index in [0.29, 0.717) is 12.8 Å². The summed E-state index contributed by atoms with van der Waals surface area (Å²) < 4.78 is 63.0. The highest BCUT2D eigenvalue weighted by Gasteiger charge is 2.48. The number of rotatable bonds is 13. The van der Waals surface area contributed by atoms with Gasteiger partial charge < -0.3 is 14.4 Å². The number of hydrogen-bond acceptors (Lipinski definition) is 8. The molecule has 12 heteroatoms. The fourth-order valence-electron chi connectivity index (χ4n) is 5.53. The summed E-state index contributed by atoms with van der Waals surface area (Å²) in [4.78, 5) is 15.7. The first-order valence-corrected chi connectivity index (χ1v) is 17.6. The lowest BCUT2D eigenvalue weighted by atomic mass is 9.87. The predicted molar refractivity (Wildman–Crippen MR) is 173 cm³/mol. The lowest BCUT2D eigenvalue weighted by Gasteiger charge is -2.20. The van der Waals surface area contributed by atoms with E-state index in [4.69, 9.17) is 4.42 Å². The van der Waals surface area contributed by atoms with Crippen molar-refractivity contribution in [3.05, 3.63) is 118 Å². The number of sulfonamides is 2. The molecule has 5 rings (SSSR count). The standard InChI is InChI=1S/C33H37N3O7S2/c1-4-22(21-34-44(39,40)25-13-9-6-10-14-25)30-20-29(37)32(33(38)43-30)31(23-11-7-5-8-12-23)27-19-28(27)35-45(41,42)26-17-15-24(16-18-26)36(2)3/h5-18,20,22,27-28,31,34-35,37H,4,19,21H2,1-3H3. The average molecular weight is 652 g/mol. The van der Waals surface area contributed by atoms with Gasteiger partial charge in [-0.3, -0.25) is 0 Å². The summed E-state index contributed by atoms with van der Waals surface area (Å²) in [7, 11) is -3.89. The van der Waals surface area contributed by atoms with Crippen LogP contribution in [0.25, 0.3) is 0 Å². The molecule has 0 spiro atoms. The lowest BCUT2D eigenvalue weighted by molar-refractivity contribution is 0.379. The molecule has 0 bridgehead atoms. The van der Waals surface area contributed by atoms with Crippen LogP contribution >= 0.6 is 0 Å². The first-order valence-electron chi connectivity index (χ1n) is 14.7. The van der Waals surface area contributed by atoms with Gasteiger partial charge in [-0.15, -0.1) is 0 Å². The summed E-state index contributed by atoms with van der Waals surface area (Å²) in [5.41, 5.74) is 0.882. The number of nitrogens with one attached hydrogen (secondary N) is 2. The van der Waals surface area contributed by atoms with E-state index in [1.54, 1.807) is 42.5 Å². The van der Waals surface area contributed by atoms with Gasteiger partial charge in [0.15, 0.2) is 0 Å². The van der Waals surface area contributed by atoms with Crippen LogP contribution in [0.1, 0.15) is 48.5 Å². The second-order valence-corrected chi connectivity index (χ2v) is 14.9. The molecule has 1 fully saturated rings. The SMILES string of the molecule is CCC(CNS(=O)(=O)c1ccccc1)c1cc(O)c(C(c2ccccc2)C2CC2NS(=O)(=O)c2ccc(N(C)C)cc2)c(=O)o1. The maximum Gasteiger partial charge on any atom is 0.343 e. The van der Waals surface area contributed by atoms with Gasteiger partial charge in [-0.05, 0) is 60.7 Å². The highest BCUT2D eigenvalue weighted by molar-refractivity contribution is 7.89. The van der Waals surface area contributed by atoms with Crippen LogP contribution in [-0.2, 0) is 20.0 Å². The summed E-state index contributed by atoms with van der Waals surface area (Å²) in [6, 6.07) is 24.5. The molecule has 3 aromatic carbocycles. The highest BCUT2D eigenvalue weighted by atomic mass is 32.2. The first kappa shape index (κ1) is 32.4. The summed E-state index contributed by atoms with van der Waals surface area (Å²) in [5.74, 6) is -1.61. The molecule has 3 N–H and O–H groups in total. The molecule has 1 aromatic heterocycles. The number of benzene rings is 3. The smallest absolute Gasteiger partial charge is 0.343 e. The maximum absolute atomic E-state index is 13.5. The third-order valence-electron chi connectivity index (χ3n) is 8.16. The minimum absolute atomic E-state index is 0.0340. The molecule has 0 saturated heterocycles. The predicted octanol–water partition coefficient (Wildman–Crippen LogP) is 4.38. The third-order valence-corrected chi connectivity index (χ3v) is 11.1. The summed E-state index contributed by atoms with van der Waals surface area (Å²) >= 11 is 0. The minimum Gasteiger partial charge on any atom is -0.507 e. The lowest BCUT2D eigenvalue weighted by Crippen LogP contribution is -2.30. The van der Waals surface area contributed by atoms with Crippen molar-refractivity contribution in [3.63, 3.8) is 0 Å². The van der Waals surface area contributed by atoms with E-state index in [1.807, 2.05) is 56.3 Å². The Kier molecular flexibility index (Phi) is 9.49. The van der Waals surface area contributed by atoms with E-state index in [-0.39, 0.29) is 39.3 Å². The molecule has 0 radical (unpaired) electrons. The minimum atomic E-state index is -3.84. The van der Waals surface area contributed by atoms with Crippen LogP contribution < -0.4 is 20.0 Å². The van der Waals surface area contributed by atoms with Gasteiger partial charge in [0.2, 0.25) is 20.0 Å². The quantitative estimate of drug-likeness (QED) is 0.193. The zero-order chi connectivity index (χ0) is 32.4. The van der Waals surface area contributed by atoms with Crippen molar-refractivity contribution in [2.24, 2.45) is 5.92 Å². The molecule has 4 unspecified atom stereocenters. The van der Waals surface area contributed by atoms with Crippen molar-refractivity contribution in [2.45, 2.75) is 47.4 Å². The van der Waals surface area contributed by atoms with Crippen molar-refractivity contribution >= 4 is 25.7 Å². The average Bonchev–Trinajstić information content (AvgIpc) is 3.77. The van der Waals surface area contributed by atoms with E-state index < -0.39 is 43.5 Å². The van der Waals surface area contributed by atoms with Crippen LogP contribution in [0.15, 0.2) is 110 Å². The van der Waals surface area contributed by atoms with Crippen molar-refractivity contribution in [1.29, 1.82) is 0 Å².